The van der Waals surface area contributed by atoms with E-state index < -0.39 is 18.0 Å². The van der Waals surface area contributed by atoms with Crippen LogP contribution in [-0.4, -0.2) is 25.3 Å². The molecule has 0 saturated heterocycles. The predicted molar refractivity (Wildman–Crippen MR) is 117 cm³/mol. The zero-order valence-electron chi connectivity index (χ0n) is 17.3. The SMILES string of the molecule is CCOC(=O)OC1=C(C)NC2=C(C(=O)OC2)C1c1cccc(SCc2ccccc2)c1. The molecule has 2 aromatic carbocycles. The van der Waals surface area contributed by atoms with Gasteiger partial charge < -0.3 is 19.5 Å². The molecule has 7 heteroatoms. The molecule has 0 amide bonds. The first kappa shape index (κ1) is 21.1. The van der Waals surface area contributed by atoms with Crippen LogP contribution in [0.4, 0.5) is 4.79 Å². The van der Waals surface area contributed by atoms with E-state index in [0.29, 0.717) is 22.7 Å². The van der Waals surface area contributed by atoms with Crippen LogP contribution in [0.2, 0.25) is 0 Å². The molecule has 0 saturated carbocycles. The second-order valence-electron chi connectivity index (χ2n) is 7.15. The van der Waals surface area contributed by atoms with Gasteiger partial charge in [-0.05, 0) is 37.1 Å². The van der Waals surface area contributed by atoms with Crippen LogP contribution in [0.3, 0.4) is 0 Å². The van der Waals surface area contributed by atoms with E-state index in [0.717, 1.165) is 16.2 Å². The van der Waals surface area contributed by atoms with Gasteiger partial charge >= 0.3 is 12.1 Å². The van der Waals surface area contributed by atoms with Gasteiger partial charge in [0.05, 0.1) is 29.5 Å². The van der Waals surface area contributed by atoms with Gasteiger partial charge in [-0.25, -0.2) is 9.59 Å². The van der Waals surface area contributed by atoms with Crippen molar-refractivity contribution < 1.29 is 23.8 Å². The highest BCUT2D eigenvalue weighted by molar-refractivity contribution is 7.98. The summed E-state index contributed by atoms with van der Waals surface area (Å²) in [5, 5.41) is 3.14. The highest BCUT2D eigenvalue weighted by Gasteiger charge is 2.41. The summed E-state index contributed by atoms with van der Waals surface area (Å²) in [5.74, 6) is 0.217. The summed E-state index contributed by atoms with van der Waals surface area (Å²) in [6.45, 7) is 3.89. The second kappa shape index (κ2) is 9.31. The number of carbonyl (C=O) groups excluding carboxylic acids is 2. The Kier molecular flexibility index (Phi) is 6.32. The number of dihydropyridines is 1. The van der Waals surface area contributed by atoms with Crippen LogP contribution in [0.5, 0.6) is 0 Å². The molecule has 1 N–H and O–H groups in total. The lowest BCUT2D eigenvalue weighted by Gasteiger charge is -2.27. The molecule has 0 fully saturated rings. The number of esters is 1. The summed E-state index contributed by atoms with van der Waals surface area (Å²) >= 11 is 1.71. The minimum atomic E-state index is -0.798. The summed E-state index contributed by atoms with van der Waals surface area (Å²) in [6, 6.07) is 18.2. The van der Waals surface area contributed by atoms with Crippen LogP contribution in [0.1, 0.15) is 30.9 Å². The Labute approximate surface area is 185 Å². The first-order valence-electron chi connectivity index (χ1n) is 10.1. The van der Waals surface area contributed by atoms with Crippen molar-refractivity contribution in [2.24, 2.45) is 0 Å². The van der Waals surface area contributed by atoms with Crippen LogP contribution >= 0.6 is 11.8 Å². The Morgan fingerprint density at radius 3 is 2.77 bits per heavy atom. The number of rotatable bonds is 6. The van der Waals surface area contributed by atoms with Crippen LogP contribution in [0.15, 0.2) is 82.2 Å². The third-order valence-electron chi connectivity index (χ3n) is 5.05. The van der Waals surface area contributed by atoms with Crippen molar-refractivity contribution in [3.8, 4) is 0 Å². The number of hydrogen-bond acceptors (Lipinski definition) is 7. The maximum Gasteiger partial charge on any atom is 0.513 e. The van der Waals surface area contributed by atoms with Crippen molar-refractivity contribution in [2.75, 3.05) is 13.2 Å². The molecule has 1 unspecified atom stereocenters. The molecular formula is C24H23NO5S. The first-order valence-corrected chi connectivity index (χ1v) is 11.0. The fraction of sp³-hybridized carbons (Fsp3) is 0.250. The Balaban J connectivity index is 1.65. The maximum atomic E-state index is 12.5. The molecule has 6 nitrogen and oxygen atoms in total. The largest absolute Gasteiger partial charge is 0.513 e. The van der Waals surface area contributed by atoms with E-state index in [4.69, 9.17) is 14.2 Å². The van der Waals surface area contributed by atoms with E-state index in [2.05, 4.69) is 17.4 Å². The number of thioether (sulfide) groups is 1. The minimum Gasteiger partial charge on any atom is -0.456 e. The lowest BCUT2D eigenvalue weighted by Crippen LogP contribution is -2.28. The van der Waals surface area contributed by atoms with Crippen LogP contribution in [0, 0.1) is 0 Å². The molecule has 0 spiro atoms. The Hall–Kier alpha value is -3.19. The van der Waals surface area contributed by atoms with Crippen LogP contribution < -0.4 is 5.32 Å². The highest BCUT2D eigenvalue weighted by Crippen LogP contribution is 2.42. The van der Waals surface area contributed by atoms with Gasteiger partial charge in [-0.1, -0.05) is 42.5 Å². The summed E-state index contributed by atoms with van der Waals surface area (Å²) < 4.78 is 15.8. The normalized spacial score (nSPS) is 17.7. The highest BCUT2D eigenvalue weighted by atomic mass is 32.2. The Bertz CT molecular complexity index is 1060. The average molecular weight is 438 g/mol. The van der Waals surface area contributed by atoms with Crippen LogP contribution in [-0.2, 0) is 24.8 Å². The third kappa shape index (κ3) is 4.61. The van der Waals surface area contributed by atoms with Crippen molar-refractivity contribution in [1.29, 1.82) is 0 Å². The Morgan fingerprint density at radius 2 is 2.00 bits per heavy atom. The molecule has 2 aliphatic rings. The van der Waals surface area contributed by atoms with E-state index in [1.165, 1.54) is 5.56 Å². The summed E-state index contributed by atoms with van der Waals surface area (Å²) in [4.78, 5) is 25.7. The fourth-order valence-corrected chi connectivity index (χ4v) is 4.58. The molecule has 0 bridgehead atoms. The van der Waals surface area contributed by atoms with Gasteiger partial charge in [0.2, 0.25) is 0 Å². The Morgan fingerprint density at radius 1 is 1.19 bits per heavy atom. The molecule has 0 aromatic heterocycles. The molecule has 1 atom stereocenters. The first-order chi connectivity index (χ1) is 15.1. The molecule has 160 valence electrons. The number of allylic oxidation sites excluding steroid dienone is 2. The van der Waals surface area contributed by atoms with Gasteiger partial charge in [0.1, 0.15) is 12.4 Å². The summed E-state index contributed by atoms with van der Waals surface area (Å²) in [6.07, 6.45) is -0.798. The van der Waals surface area contributed by atoms with E-state index in [1.54, 1.807) is 18.7 Å². The van der Waals surface area contributed by atoms with E-state index >= 15 is 0 Å². The van der Waals surface area contributed by atoms with E-state index in [9.17, 15) is 9.59 Å². The monoisotopic (exact) mass is 437 g/mol. The van der Waals surface area contributed by atoms with Gasteiger partial charge in [0, 0.05) is 10.6 Å². The van der Waals surface area contributed by atoms with Gasteiger partial charge in [-0.2, -0.15) is 0 Å². The maximum absolute atomic E-state index is 12.5. The molecular weight excluding hydrogens is 414 g/mol. The summed E-state index contributed by atoms with van der Waals surface area (Å²) in [5.41, 5.74) is 3.90. The van der Waals surface area contributed by atoms with Gasteiger partial charge in [-0.3, -0.25) is 0 Å². The summed E-state index contributed by atoms with van der Waals surface area (Å²) in [7, 11) is 0. The molecule has 31 heavy (non-hydrogen) atoms. The molecule has 2 aromatic rings. The number of benzene rings is 2. The van der Waals surface area contributed by atoms with Crippen molar-refractivity contribution in [3.05, 3.63) is 88.5 Å². The predicted octanol–water partition coefficient (Wildman–Crippen LogP) is 4.88. The van der Waals surface area contributed by atoms with E-state index in [1.807, 2.05) is 49.4 Å². The fourth-order valence-electron chi connectivity index (χ4n) is 3.66. The van der Waals surface area contributed by atoms with E-state index in [-0.39, 0.29) is 13.2 Å². The average Bonchev–Trinajstić information content (AvgIpc) is 3.14. The van der Waals surface area contributed by atoms with Crippen molar-refractivity contribution in [3.63, 3.8) is 0 Å². The molecule has 0 aliphatic carbocycles. The molecule has 0 radical (unpaired) electrons. The number of ether oxygens (including phenoxy) is 3. The van der Waals surface area contributed by atoms with Crippen molar-refractivity contribution in [1.82, 2.24) is 5.32 Å². The second-order valence-corrected chi connectivity index (χ2v) is 8.20. The molecule has 2 heterocycles. The van der Waals surface area contributed by atoms with Gasteiger partial charge in [-0.15, -0.1) is 11.8 Å². The number of carbonyl (C=O) groups is 2. The molecule has 2 aliphatic heterocycles. The quantitative estimate of drug-likeness (QED) is 0.510. The molecule has 4 rings (SSSR count). The smallest absolute Gasteiger partial charge is 0.456 e. The standard InChI is InChI=1S/C24H23NO5S/c1-3-28-24(27)30-22-15(2)25-19-13-29-23(26)21(19)20(22)17-10-7-11-18(12-17)31-14-16-8-5-4-6-9-16/h4-12,20,25H,3,13-14H2,1-2H3. The lowest BCUT2D eigenvalue weighted by atomic mass is 9.85. The minimum absolute atomic E-state index is 0.178. The van der Waals surface area contributed by atoms with Crippen molar-refractivity contribution in [2.45, 2.75) is 30.4 Å². The van der Waals surface area contributed by atoms with Gasteiger partial charge in [0.15, 0.2) is 0 Å². The number of cyclic esters (lactones) is 1. The van der Waals surface area contributed by atoms with Gasteiger partial charge in [0.25, 0.3) is 0 Å². The third-order valence-corrected chi connectivity index (χ3v) is 6.11. The zero-order valence-corrected chi connectivity index (χ0v) is 18.2. The topological polar surface area (TPSA) is 73.9 Å². The zero-order chi connectivity index (χ0) is 21.8. The van der Waals surface area contributed by atoms with Crippen LogP contribution in [0.25, 0.3) is 0 Å². The number of hydrogen-bond donors (Lipinski definition) is 1. The lowest BCUT2D eigenvalue weighted by molar-refractivity contribution is -0.136. The number of nitrogens with one attached hydrogen (secondary N) is 1. The van der Waals surface area contributed by atoms with Crippen molar-refractivity contribution >= 4 is 23.9 Å².